The van der Waals surface area contributed by atoms with Gasteiger partial charge in [-0.25, -0.2) is 8.78 Å². The zero-order valence-corrected chi connectivity index (χ0v) is 10.6. The van der Waals surface area contributed by atoms with E-state index < -0.39 is 5.92 Å². The van der Waals surface area contributed by atoms with Crippen molar-refractivity contribution in [1.29, 1.82) is 0 Å². The molecule has 1 fully saturated rings. The maximum Gasteiger partial charge on any atom is 0.248 e. The molecule has 1 atom stereocenters. The van der Waals surface area contributed by atoms with E-state index in [0.29, 0.717) is 24.6 Å². The van der Waals surface area contributed by atoms with Crippen molar-refractivity contribution in [3.8, 4) is 0 Å². The van der Waals surface area contributed by atoms with Crippen LogP contribution in [0.2, 0.25) is 0 Å². The first-order valence-electron chi connectivity index (χ1n) is 6.51. The van der Waals surface area contributed by atoms with Crippen molar-refractivity contribution in [2.45, 2.75) is 50.9 Å². The van der Waals surface area contributed by atoms with Gasteiger partial charge in [0.1, 0.15) is 0 Å². The molecule has 1 N–H and O–H groups in total. The van der Waals surface area contributed by atoms with Crippen molar-refractivity contribution >= 4 is 0 Å². The highest BCUT2D eigenvalue weighted by Gasteiger charge is 2.42. The summed E-state index contributed by atoms with van der Waals surface area (Å²) in [6, 6.07) is 0. The second kappa shape index (κ2) is 5.73. The summed E-state index contributed by atoms with van der Waals surface area (Å²) in [7, 11) is 0. The van der Waals surface area contributed by atoms with E-state index >= 15 is 0 Å². The van der Waals surface area contributed by atoms with Crippen LogP contribution in [0.4, 0.5) is 8.78 Å². The SMILES string of the molecule is CCNCCCc1nnc(C2CCC(F)(F)C2)o1. The van der Waals surface area contributed by atoms with Gasteiger partial charge in [-0.2, -0.15) is 0 Å². The predicted octanol–water partition coefficient (Wildman–Crippen LogP) is 2.51. The molecule has 0 aromatic carbocycles. The summed E-state index contributed by atoms with van der Waals surface area (Å²) in [6.07, 6.45) is 1.81. The molecule has 1 unspecified atom stereocenters. The number of aryl methyl sites for hydroxylation is 1. The molecule has 2 rings (SSSR count). The summed E-state index contributed by atoms with van der Waals surface area (Å²) < 4.78 is 31.6. The highest BCUT2D eigenvalue weighted by atomic mass is 19.3. The lowest BCUT2D eigenvalue weighted by Crippen LogP contribution is -2.14. The third-order valence-corrected chi connectivity index (χ3v) is 3.23. The molecule has 102 valence electrons. The molecule has 0 spiro atoms. The third-order valence-electron chi connectivity index (χ3n) is 3.23. The average molecular weight is 259 g/mol. The average Bonchev–Trinajstić information content (AvgIpc) is 2.91. The minimum absolute atomic E-state index is 0.0736. The van der Waals surface area contributed by atoms with E-state index in [9.17, 15) is 8.78 Å². The van der Waals surface area contributed by atoms with E-state index in [-0.39, 0.29) is 18.8 Å². The van der Waals surface area contributed by atoms with Crippen molar-refractivity contribution in [3.05, 3.63) is 11.8 Å². The van der Waals surface area contributed by atoms with Gasteiger partial charge in [0.15, 0.2) is 0 Å². The molecule has 6 heteroatoms. The van der Waals surface area contributed by atoms with Crippen LogP contribution in [0.5, 0.6) is 0 Å². The molecular weight excluding hydrogens is 240 g/mol. The van der Waals surface area contributed by atoms with Gasteiger partial charge < -0.3 is 9.73 Å². The minimum atomic E-state index is -2.57. The molecule has 0 bridgehead atoms. The number of hydrogen-bond acceptors (Lipinski definition) is 4. The molecule has 0 radical (unpaired) electrons. The molecule has 1 aliphatic rings. The second-order valence-electron chi connectivity index (χ2n) is 4.79. The van der Waals surface area contributed by atoms with E-state index in [1.165, 1.54) is 0 Å². The van der Waals surface area contributed by atoms with Gasteiger partial charge in [-0.05, 0) is 25.9 Å². The molecule has 1 heterocycles. The Hall–Kier alpha value is -1.04. The topological polar surface area (TPSA) is 51.0 Å². The Morgan fingerprint density at radius 3 is 2.94 bits per heavy atom. The summed E-state index contributed by atoms with van der Waals surface area (Å²) in [5, 5.41) is 11.0. The first-order chi connectivity index (χ1) is 8.61. The van der Waals surface area contributed by atoms with Gasteiger partial charge in [-0.3, -0.25) is 0 Å². The lowest BCUT2D eigenvalue weighted by Gasteiger charge is -2.06. The minimum Gasteiger partial charge on any atom is -0.425 e. The smallest absolute Gasteiger partial charge is 0.248 e. The first kappa shape index (κ1) is 13.4. The molecule has 18 heavy (non-hydrogen) atoms. The van der Waals surface area contributed by atoms with Crippen molar-refractivity contribution < 1.29 is 13.2 Å². The van der Waals surface area contributed by atoms with Crippen LogP contribution in [0.3, 0.4) is 0 Å². The van der Waals surface area contributed by atoms with Gasteiger partial charge in [0.25, 0.3) is 0 Å². The molecule has 1 aliphatic carbocycles. The Morgan fingerprint density at radius 1 is 1.44 bits per heavy atom. The monoisotopic (exact) mass is 259 g/mol. The van der Waals surface area contributed by atoms with Gasteiger partial charge in [0.2, 0.25) is 17.7 Å². The lowest BCUT2D eigenvalue weighted by atomic mass is 10.1. The van der Waals surface area contributed by atoms with E-state index in [2.05, 4.69) is 15.5 Å². The van der Waals surface area contributed by atoms with E-state index in [0.717, 1.165) is 19.5 Å². The molecule has 1 aromatic rings. The summed E-state index contributed by atoms with van der Waals surface area (Å²) >= 11 is 0. The number of alkyl halides is 2. The number of nitrogens with zero attached hydrogens (tertiary/aromatic N) is 2. The molecule has 0 aliphatic heterocycles. The quantitative estimate of drug-likeness (QED) is 0.797. The summed E-state index contributed by atoms with van der Waals surface area (Å²) in [4.78, 5) is 0. The van der Waals surface area contributed by atoms with Crippen LogP contribution in [0.25, 0.3) is 0 Å². The van der Waals surface area contributed by atoms with Crippen LogP contribution in [0.15, 0.2) is 4.42 Å². The Labute approximate surface area is 105 Å². The summed E-state index contributed by atoms with van der Waals surface area (Å²) in [6.45, 7) is 3.88. The van der Waals surface area contributed by atoms with E-state index in [1.54, 1.807) is 0 Å². The standard InChI is InChI=1S/C12H19F2N3O/c1-2-15-7-3-4-10-16-17-11(18-10)9-5-6-12(13,14)8-9/h9,15H,2-8H2,1H3. The van der Waals surface area contributed by atoms with Crippen molar-refractivity contribution in [1.82, 2.24) is 15.5 Å². The fraction of sp³-hybridized carbons (Fsp3) is 0.833. The molecular formula is C12H19F2N3O. The van der Waals surface area contributed by atoms with Crippen LogP contribution in [-0.2, 0) is 6.42 Å². The summed E-state index contributed by atoms with van der Waals surface area (Å²) in [5.41, 5.74) is 0. The highest BCUT2D eigenvalue weighted by Crippen LogP contribution is 2.43. The molecule has 0 saturated heterocycles. The van der Waals surface area contributed by atoms with Crippen LogP contribution in [-0.4, -0.2) is 29.2 Å². The van der Waals surface area contributed by atoms with Gasteiger partial charge in [-0.15, -0.1) is 10.2 Å². The molecule has 4 nitrogen and oxygen atoms in total. The van der Waals surface area contributed by atoms with E-state index in [1.807, 2.05) is 6.92 Å². The fourth-order valence-corrected chi connectivity index (χ4v) is 2.23. The van der Waals surface area contributed by atoms with Crippen molar-refractivity contribution in [2.24, 2.45) is 0 Å². The lowest BCUT2D eigenvalue weighted by molar-refractivity contribution is 0.00701. The normalized spacial score (nSPS) is 22.5. The largest absolute Gasteiger partial charge is 0.425 e. The maximum atomic E-state index is 13.1. The first-order valence-corrected chi connectivity index (χ1v) is 6.51. The van der Waals surface area contributed by atoms with Crippen molar-refractivity contribution in [2.75, 3.05) is 13.1 Å². The number of nitrogens with one attached hydrogen (secondary N) is 1. The third kappa shape index (κ3) is 3.48. The zero-order chi connectivity index (χ0) is 13.0. The number of aromatic nitrogens is 2. The zero-order valence-electron chi connectivity index (χ0n) is 10.6. The van der Waals surface area contributed by atoms with Gasteiger partial charge in [0.05, 0.1) is 0 Å². The fourth-order valence-electron chi connectivity index (χ4n) is 2.23. The maximum absolute atomic E-state index is 13.1. The van der Waals surface area contributed by atoms with Crippen LogP contribution >= 0.6 is 0 Å². The Balaban J connectivity index is 1.83. The number of hydrogen-bond donors (Lipinski definition) is 1. The van der Waals surface area contributed by atoms with Crippen LogP contribution in [0, 0.1) is 0 Å². The van der Waals surface area contributed by atoms with Gasteiger partial charge in [-0.1, -0.05) is 6.92 Å². The highest BCUT2D eigenvalue weighted by molar-refractivity contribution is 4.99. The van der Waals surface area contributed by atoms with Gasteiger partial charge >= 0.3 is 0 Å². The molecule has 1 aromatic heterocycles. The number of halogens is 2. The Bertz CT molecular complexity index is 381. The van der Waals surface area contributed by atoms with Gasteiger partial charge in [0, 0.05) is 25.2 Å². The Kier molecular flexibility index (Phi) is 4.27. The second-order valence-corrected chi connectivity index (χ2v) is 4.79. The number of rotatable bonds is 6. The van der Waals surface area contributed by atoms with Crippen LogP contribution < -0.4 is 5.32 Å². The molecule has 0 amide bonds. The van der Waals surface area contributed by atoms with Crippen molar-refractivity contribution in [3.63, 3.8) is 0 Å². The predicted molar refractivity (Wildman–Crippen MR) is 62.7 cm³/mol. The summed E-state index contributed by atoms with van der Waals surface area (Å²) in [5.74, 6) is -1.90. The van der Waals surface area contributed by atoms with E-state index in [4.69, 9.17) is 4.42 Å². The molecule has 1 saturated carbocycles. The van der Waals surface area contributed by atoms with Crippen LogP contribution in [0.1, 0.15) is 50.3 Å². The Morgan fingerprint density at radius 2 is 2.28 bits per heavy atom.